The van der Waals surface area contributed by atoms with E-state index in [4.69, 9.17) is 16.4 Å². The van der Waals surface area contributed by atoms with Gasteiger partial charge in [-0.1, -0.05) is 47.8 Å². The molecule has 4 nitrogen and oxygen atoms in total. The van der Waals surface area contributed by atoms with Crippen LogP contribution in [0, 0.1) is 29.6 Å². The fraction of sp³-hybridized carbons (Fsp3) is 0.500. The van der Waals surface area contributed by atoms with Gasteiger partial charge in [0.1, 0.15) is 5.60 Å². The second kappa shape index (κ2) is 7.74. The van der Waals surface area contributed by atoms with Gasteiger partial charge >= 0.3 is 0 Å². The molecule has 2 fully saturated rings. The van der Waals surface area contributed by atoms with E-state index in [1.807, 2.05) is 18.2 Å². The van der Waals surface area contributed by atoms with Crippen molar-refractivity contribution >= 4 is 12.0 Å². The molecule has 0 bridgehead atoms. The van der Waals surface area contributed by atoms with Crippen molar-refractivity contribution in [1.82, 2.24) is 0 Å². The Hall–Kier alpha value is -2.64. The number of carbonyl (C=O) groups is 1. The maximum Gasteiger partial charge on any atom is 0.156 e. The van der Waals surface area contributed by atoms with Crippen molar-refractivity contribution in [2.75, 3.05) is 7.11 Å². The average molecular weight is 430 g/mol. The molecule has 4 aliphatic carbocycles. The molecule has 5 atom stereocenters. The molecule has 4 heteroatoms. The minimum absolute atomic E-state index is 0.104. The first-order valence-electron chi connectivity index (χ1n) is 11.7. The molecule has 0 aliphatic heterocycles. The molecular weight excluding hydrogens is 398 g/mol. The van der Waals surface area contributed by atoms with Crippen LogP contribution in [-0.2, 0) is 9.53 Å². The smallest absolute Gasteiger partial charge is 0.156 e. The summed E-state index contributed by atoms with van der Waals surface area (Å²) < 4.78 is 6.10. The van der Waals surface area contributed by atoms with Crippen molar-refractivity contribution in [3.63, 3.8) is 0 Å². The van der Waals surface area contributed by atoms with Gasteiger partial charge in [-0.25, -0.2) is 0 Å². The number of hydrogen-bond acceptors (Lipinski definition) is 4. The number of allylic oxidation sites excluding steroid dienone is 4. The Morgan fingerprint density at radius 3 is 2.69 bits per heavy atom. The molecule has 5 rings (SSSR count). The second-order valence-electron chi connectivity index (χ2n) is 10.1. The Labute approximate surface area is 190 Å². The van der Waals surface area contributed by atoms with Crippen molar-refractivity contribution in [2.45, 2.75) is 63.4 Å². The van der Waals surface area contributed by atoms with Crippen molar-refractivity contribution < 1.29 is 14.7 Å². The zero-order chi connectivity index (χ0) is 22.5. The SMILES string of the molecule is C#C[C@]1(OC)CC[C@H]2[C@@H]3CCC4=CC(=O)CCC4=C3[C@@H](c3ccc(/C=N/O)cc3)C[C@@]21C. The summed E-state index contributed by atoms with van der Waals surface area (Å²) >= 11 is 0. The summed E-state index contributed by atoms with van der Waals surface area (Å²) in [5.41, 5.74) is 5.74. The summed E-state index contributed by atoms with van der Waals surface area (Å²) in [7, 11) is 1.77. The Balaban J connectivity index is 1.67. The van der Waals surface area contributed by atoms with Gasteiger partial charge in [-0.2, -0.15) is 0 Å². The molecule has 0 heterocycles. The van der Waals surface area contributed by atoms with Gasteiger partial charge in [0.05, 0.1) is 6.21 Å². The third-order valence-corrected chi connectivity index (χ3v) is 8.98. The van der Waals surface area contributed by atoms with E-state index < -0.39 is 5.60 Å². The predicted molar refractivity (Wildman–Crippen MR) is 125 cm³/mol. The van der Waals surface area contributed by atoms with Gasteiger partial charge in [0.2, 0.25) is 0 Å². The Morgan fingerprint density at radius 1 is 1.22 bits per heavy atom. The fourth-order valence-corrected chi connectivity index (χ4v) is 7.46. The number of methoxy groups -OCH3 is 1. The topological polar surface area (TPSA) is 58.9 Å². The highest BCUT2D eigenvalue weighted by Gasteiger charge is 2.63. The quantitative estimate of drug-likeness (QED) is 0.302. The standard InChI is InChI=1S/C28H31NO3/c1-4-28(32-3)14-13-25-23-11-9-20-15-21(30)10-12-22(20)26(23)24(16-27(25,28)2)19-7-5-18(6-8-19)17-29-31/h1,5-8,15,17,23-25,31H,9-14,16H2,2-3H3/b29-17+/t23-,24+,25-,27-,28-/m0/s1. The van der Waals surface area contributed by atoms with Crippen LogP contribution in [0.25, 0.3) is 0 Å². The molecule has 0 unspecified atom stereocenters. The zero-order valence-electron chi connectivity index (χ0n) is 18.9. The van der Waals surface area contributed by atoms with Crippen LogP contribution in [0.15, 0.2) is 52.2 Å². The van der Waals surface area contributed by atoms with Gasteiger partial charge in [0.15, 0.2) is 5.78 Å². The molecule has 2 saturated carbocycles. The summed E-state index contributed by atoms with van der Waals surface area (Å²) in [5, 5.41) is 12.0. The molecule has 1 aromatic rings. The molecule has 32 heavy (non-hydrogen) atoms. The van der Waals surface area contributed by atoms with Gasteiger partial charge < -0.3 is 9.94 Å². The lowest BCUT2D eigenvalue weighted by Crippen LogP contribution is -2.51. The monoisotopic (exact) mass is 429 g/mol. The van der Waals surface area contributed by atoms with Crippen molar-refractivity contribution in [3.05, 3.63) is 58.2 Å². The third kappa shape index (κ3) is 2.94. The zero-order valence-corrected chi connectivity index (χ0v) is 18.9. The second-order valence-corrected chi connectivity index (χ2v) is 10.1. The first kappa shape index (κ1) is 21.2. The number of benzene rings is 1. The maximum absolute atomic E-state index is 12.2. The van der Waals surface area contributed by atoms with E-state index in [2.05, 4.69) is 30.1 Å². The Morgan fingerprint density at radius 2 is 2.00 bits per heavy atom. The number of carbonyl (C=O) groups excluding carboxylic acids is 1. The van der Waals surface area contributed by atoms with E-state index in [9.17, 15) is 4.79 Å². The lowest BCUT2D eigenvalue weighted by molar-refractivity contribution is -0.114. The minimum atomic E-state index is -0.533. The van der Waals surface area contributed by atoms with E-state index in [0.717, 1.165) is 44.1 Å². The maximum atomic E-state index is 12.2. The number of ketones is 1. The molecule has 0 spiro atoms. The normalized spacial score (nSPS) is 36.3. The van der Waals surface area contributed by atoms with E-state index in [0.29, 0.717) is 18.3 Å². The van der Waals surface area contributed by atoms with Gasteiger partial charge in [-0.15, -0.1) is 6.42 Å². The van der Waals surface area contributed by atoms with Gasteiger partial charge in [-0.05, 0) is 78.7 Å². The summed E-state index contributed by atoms with van der Waals surface area (Å²) in [5.74, 6) is 4.56. The van der Waals surface area contributed by atoms with Crippen LogP contribution in [-0.4, -0.2) is 29.9 Å². The lowest BCUT2D eigenvalue weighted by Gasteiger charge is -2.54. The van der Waals surface area contributed by atoms with Crippen LogP contribution in [0.2, 0.25) is 0 Å². The fourth-order valence-electron chi connectivity index (χ4n) is 7.46. The number of fused-ring (bicyclic) bond motifs is 4. The van der Waals surface area contributed by atoms with Crippen molar-refractivity contribution in [2.24, 2.45) is 22.4 Å². The highest BCUT2D eigenvalue weighted by molar-refractivity contribution is 5.93. The highest BCUT2D eigenvalue weighted by atomic mass is 16.5. The molecule has 0 saturated heterocycles. The first-order valence-corrected chi connectivity index (χ1v) is 11.7. The van der Waals surface area contributed by atoms with Gasteiger partial charge in [-0.3, -0.25) is 4.79 Å². The minimum Gasteiger partial charge on any atom is -0.411 e. The number of oxime groups is 1. The number of terminal acetylenes is 1. The Bertz CT molecular complexity index is 1070. The van der Waals surface area contributed by atoms with Gasteiger partial charge in [0.25, 0.3) is 0 Å². The van der Waals surface area contributed by atoms with Crippen LogP contribution < -0.4 is 0 Å². The summed E-state index contributed by atoms with van der Waals surface area (Å²) in [6, 6.07) is 8.32. The summed E-state index contributed by atoms with van der Waals surface area (Å²) in [6.07, 6.45) is 16.0. The molecule has 166 valence electrons. The molecule has 1 N–H and O–H groups in total. The predicted octanol–water partition coefficient (Wildman–Crippen LogP) is 5.41. The first-order chi connectivity index (χ1) is 15.5. The summed E-state index contributed by atoms with van der Waals surface area (Å²) in [4.78, 5) is 12.2. The molecule has 0 radical (unpaired) electrons. The number of nitrogens with zero attached hydrogens (tertiary/aromatic N) is 1. The molecule has 0 aromatic heterocycles. The van der Waals surface area contributed by atoms with E-state index >= 15 is 0 Å². The van der Waals surface area contributed by atoms with Crippen LogP contribution in [0.3, 0.4) is 0 Å². The number of ether oxygens (including phenoxy) is 1. The van der Waals surface area contributed by atoms with Crippen LogP contribution in [0.5, 0.6) is 0 Å². The Kier molecular flexibility index (Phi) is 5.13. The average Bonchev–Trinajstić information content (AvgIpc) is 3.11. The highest BCUT2D eigenvalue weighted by Crippen LogP contribution is 2.67. The lowest BCUT2D eigenvalue weighted by atomic mass is 9.51. The number of hydrogen-bond donors (Lipinski definition) is 1. The molecule has 1 aromatic carbocycles. The van der Waals surface area contributed by atoms with Crippen LogP contribution in [0.1, 0.15) is 68.9 Å². The largest absolute Gasteiger partial charge is 0.411 e. The van der Waals surface area contributed by atoms with Crippen LogP contribution in [0.4, 0.5) is 0 Å². The van der Waals surface area contributed by atoms with E-state index in [1.165, 1.54) is 22.9 Å². The molecular formula is C28H31NO3. The van der Waals surface area contributed by atoms with Crippen LogP contribution >= 0.6 is 0 Å². The van der Waals surface area contributed by atoms with E-state index in [1.54, 1.807) is 12.7 Å². The molecule has 4 aliphatic rings. The van der Waals surface area contributed by atoms with Crippen molar-refractivity contribution in [3.8, 4) is 12.3 Å². The van der Waals surface area contributed by atoms with Gasteiger partial charge in [0, 0.05) is 24.9 Å². The number of rotatable bonds is 3. The molecule has 0 amide bonds. The van der Waals surface area contributed by atoms with Crippen molar-refractivity contribution in [1.29, 1.82) is 0 Å². The third-order valence-electron chi connectivity index (χ3n) is 8.98. The summed E-state index contributed by atoms with van der Waals surface area (Å²) in [6.45, 7) is 2.35. The van der Waals surface area contributed by atoms with E-state index in [-0.39, 0.29) is 17.1 Å².